The largest absolute Gasteiger partial charge is 0.494 e. The van der Waals surface area contributed by atoms with Crippen molar-refractivity contribution in [3.05, 3.63) is 34.8 Å². The Labute approximate surface area is 183 Å². The summed E-state index contributed by atoms with van der Waals surface area (Å²) in [4.78, 5) is 17.8. The third-order valence-electron chi connectivity index (χ3n) is 4.65. The first kappa shape index (κ1) is 24.7. The number of aryl methyl sites for hydroxylation is 1. The number of ether oxygens (including phenoxy) is 1. The van der Waals surface area contributed by atoms with Crippen molar-refractivity contribution in [1.82, 2.24) is 15.6 Å². The van der Waals surface area contributed by atoms with Crippen LogP contribution in [0.1, 0.15) is 41.6 Å². The second-order valence-electron chi connectivity index (χ2n) is 6.65. The zero-order valence-corrected chi connectivity index (χ0v) is 18.8. The van der Waals surface area contributed by atoms with Crippen LogP contribution in [0.4, 0.5) is 0 Å². The van der Waals surface area contributed by atoms with E-state index in [9.17, 15) is 4.79 Å². The van der Waals surface area contributed by atoms with E-state index in [0.29, 0.717) is 17.4 Å². The van der Waals surface area contributed by atoms with Crippen LogP contribution >= 0.6 is 36.2 Å². The Bertz CT molecular complexity index is 732. The van der Waals surface area contributed by atoms with E-state index in [-0.39, 0.29) is 30.7 Å². The van der Waals surface area contributed by atoms with E-state index in [0.717, 1.165) is 48.1 Å². The summed E-state index contributed by atoms with van der Waals surface area (Å²) in [7, 11) is 0. The van der Waals surface area contributed by atoms with E-state index in [4.69, 9.17) is 4.74 Å². The standard InChI is InChI=1S/C20H27N3O2S.2ClH/c1-3-25-17-8-6-16(7-9-17)20-23-14(2)18(26-20)19(24)22-12-10-15-5-4-11-21-13-15;;/h6-9,15,21H,3-5,10-13H2,1-2H3,(H,22,24);2*1H. The minimum atomic E-state index is -0.0130. The molecule has 156 valence electrons. The molecule has 0 saturated carbocycles. The summed E-state index contributed by atoms with van der Waals surface area (Å²) in [6, 6.07) is 7.85. The summed E-state index contributed by atoms with van der Waals surface area (Å²) in [5.74, 6) is 1.51. The highest BCUT2D eigenvalue weighted by Crippen LogP contribution is 2.29. The molecule has 2 N–H and O–H groups in total. The molecule has 1 atom stereocenters. The van der Waals surface area contributed by atoms with Crippen LogP contribution in [0.2, 0.25) is 0 Å². The van der Waals surface area contributed by atoms with Crippen molar-refractivity contribution in [2.45, 2.75) is 33.1 Å². The normalized spacial score (nSPS) is 15.9. The summed E-state index contributed by atoms with van der Waals surface area (Å²) < 4.78 is 5.47. The van der Waals surface area contributed by atoms with Crippen LogP contribution in [0, 0.1) is 12.8 Å². The molecule has 1 aromatic heterocycles. The van der Waals surface area contributed by atoms with Gasteiger partial charge < -0.3 is 15.4 Å². The highest BCUT2D eigenvalue weighted by atomic mass is 35.5. The van der Waals surface area contributed by atoms with Crippen molar-refractivity contribution >= 4 is 42.1 Å². The topological polar surface area (TPSA) is 63.2 Å². The van der Waals surface area contributed by atoms with Crippen LogP contribution in [0.5, 0.6) is 5.75 Å². The Morgan fingerprint density at radius 3 is 2.71 bits per heavy atom. The van der Waals surface area contributed by atoms with Gasteiger partial charge in [-0.25, -0.2) is 4.98 Å². The molecule has 1 unspecified atom stereocenters. The number of nitrogens with zero attached hydrogens (tertiary/aromatic N) is 1. The van der Waals surface area contributed by atoms with Gasteiger partial charge in [0, 0.05) is 12.1 Å². The van der Waals surface area contributed by atoms with Crippen LogP contribution < -0.4 is 15.4 Å². The molecule has 8 heteroatoms. The molecular formula is C20H29Cl2N3O2S. The first-order valence-corrected chi connectivity index (χ1v) is 10.2. The van der Waals surface area contributed by atoms with Gasteiger partial charge in [-0.1, -0.05) is 0 Å². The first-order valence-electron chi connectivity index (χ1n) is 9.37. The van der Waals surface area contributed by atoms with Crippen LogP contribution in [0.15, 0.2) is 24.3 Å². The molecule has 5 nitrogen and oxygen atoms in total. The summed E-state index contributed by atoms with van der Waals surface area (Å²) in [5.41, 5.74) is 1.80. The van der Waals surface area contributed by atoms with Gasteiger partial charge in [0.15, 0.2) is 0 Å². The van der Waals surface area contributed by atoms with Crippen molar-refractivity contribution in [2.24, 2.45) is 5.92 Å². The summed E-state index contributed by atoms with van der Waals surface area (Å²) >= 11 is 1.45. The minimum Gasteiger partial charge on any atom is -0.494 e. The number of carbonyl (C=O) groups is 1. The van der Waals surface area contributed by atoms with Gasteiger partial charge in [-0.3, -0.25) is 4.79 Å². The number of hydrogen-bond donors (Lipinski definition) is 2. The van der Waals surface area contributed by atoms with Gasteiger partial charge in [0.1, 0.15) is 15.6 Å². The second-order valence-corrected chi connectivity index (χ2v) is 7.65. The molecule has 0 spiro atoms. The Morgan fingerprint density at radius 2 is 2.07 bits per heavy atom. The second kappa shape index (κ2) is 12.3. The minimum absolute atomic E-state index is 0. The van der Waals surface area contributed by atoms with Gasteiger partial charge in [-0.15, -0.1) is 36.2 Å². The van der Waals surface area contributed by atoms with Crippen molar-refractivity contribution in [2.75, 3.05) is 26.2 Å². The van der Waals surface area contributed by atoms with Gasteiger partial charge in [0.25, 0.3) is 5.91 Å². The highest BCUT2D eigenvalue weighted by Gasteiger charge is 2.17. The number of piperidine rings is 1. The summed E-state index contributed by atoms with van der Waals surface area (Å²) in [6.07, 6.45) is 3.52. The van der Waals surface area contributed by atoms with E-state index in [1.165, 1.54) is 24.2 Å². The average molecular weight is 446 g/mol. The molecule has 1 saturated heterocycles. The third kappa shape index (κ3) is 6.62. The van der Waals surface area contributed by atoms with Gasteiger partial charge >= 0.3 is 0 Å². The molecule has 0 radical (unpaired) electrons. The Hall–Kier alpha value is -1.34. The van der Waals surface area contributed by atoms with Crippen LogP contribution in [0.25, 0.3) is 10.6 Å². The average Bonchev–Trinajstić information content (AvgIpc) is 3.05. The number of hydrogen-bond acceptors (Lipinski definition) is 5. The van der Waals surface area contributed by atoms with Crippen molar-refractivity contribution in [3.8, 4) is 16.3 Å². The lowest BCUT2D eigenvalue weighted by molar-refractivity contribution is 0.0954. The molecule has 1 amide bonds. The molecule has 1 fully saturated rings. The number of amides is 1. The Morgan fingerprint density at radius 1 is 1.32 bits per heavy atom. The third-order valence-corrected chi connectivity index (χ3v) is 5.86. The number of benzene rings is 1. The molecular weight excluding hydrogens is 417 g/mol. The van der Waals surface area contributed by atoms with Gasteiger partial charge in [-0.2, -0.15) is 0 Å². The zero-order valence-electron chi connectivity index (χ0n) is 16.3. The fourth-order valence-electron chi connectivity index (χ4n) is 3.23. The molecule has 28 heavy (non-hydrogen) atoms. The maximum absolute atomic E-state index is 12.5. The van der Waals surface area contributed by atoms with E-state index in [1.54, 1.807) is 0 Å². The van der Waals surface area contributed by atoms with Crippen molar-refractivity contribution in [3.63, 3.8) is 0 Å². The van der Waals surface area contributed by atoms with Gasteiger partial charge in [0.2, 0.25) is 0 Å². The number of carbonyl (C=O) groups excluding carboxylic acids is 1. The predicted molar refractivity (Wildman–Crippen MR) is 120 cm³/mol. The SMILES string of the molecule is CCOc1ccc(-c2nc(C)c(C(=O)NCCC3CCCNC3)s2)cc1.Cl.Cl. The number of rotatable bonds is 7. The van der Waals surface area contributed by atoms with Crippen LogP contribution in [-0.4, -0.2) is 37.1 Å². The first-order chi connectivity index (χ1) is 12.7. The molecule has 1 aromatic carbocycles. The van der Waals surface area contributed by atoms with Crippen LogP contribution in [-0.2, 0) is 0 Å². The molecule has 0 aliphatic carbocycles. The molecule has 3 rings (SSSR count). The number of thiazole rings is 1. The molecule has 2 heterocycles. The fourth-order valence-corrected chi connectivity index (χ4v) is 4.22. The predicted octanol–water partition coefficient (Wildman–Crippen LogP) is 4.48. The van der Waals surface area contributed by atoms with Gasteiger partial charge in [-0.05, 0) is 76.4 Å². The fraction of sp³-hybridized carbons (Fsp3) is 0.500. The smallest absolute Gasteiger partial charge is 0.263 e. The lowest BCUT2D eigenvalue weighted by atomic mass is 9.96. The van der Waals surface area contributed by atoms with E-state index in [1.807, 2.05) is 38.1 Å². The van der Waals surface area contributed by atoms with Crippen molar-refractivity contribution in [1.29, 1.82) is 0 Å². The van der Waals surface area contributed by atoms with Gasteiger partial charge in [0.05, 0.1) is 12.3 Å². The summed E-state index contributed by atoms with van der Waals surface area (Å²) in [6.45, 7) is 7.43. The summed E-state index contributed by atoms with van der Waals surface area (Å²) in [5, 5.41) is 7.35. The quantitative estimate of drug-likeness (QED) is 0.659. The molecule has 0 bridgehead atoms. The zero-order chi connectivity index (χ0) is 18.4. The lowest BCUT2D eigenvalue weighted by Gasteiger charge is -2.22. The van der Waals surface area contributed by atoms with Crippen LogP contribution in [0.3, 0.4) is 0 Å². The van der Waals surface area contributed by atoms with E-state index >= 15 is 0 Å². The number of nitrogens with one attached hydrogen (secondary N) is 2. The maximum Gasteiger partial charge on any atom is 0.263 e. The van der Waals surface area contributed by atoms with Crippen molar-refractivity contribution < 1.29 is 9.53 Å². The number of halogens is 2. The monoisotopic (exact) mass is 445 g/mol. The maximum atomic E-state index is 12.5. The molecule has 1 aliphatic heterocycles. The van der Waals surface area contributed by atoms with E-state index in [2.05, 4.69) is 15.6 Å². The molecule has 2 aromatic rings. The lowest BCUT2D eigenvalue weighted by Crippen LogP contribution is -2.33. The number of aromatic nitrogens is 1. The Balaban J connectivity index is 0.00000196. The highest BCUT2D eigenvalue weighted by molar-refractivity contribution is 7.17. The molecule has 1 aliphatic rings. The van der Waals surface area contributed by atoms with E-state index < -0.39 is 0 Å². The Kier molecular flexibility index (Phi) is 10.8.